The highest BCUT2D eigenvalue weighted by Gasteiger charge is 2.17. The van der Waals surface area contributed by atoms with E-state index < -0.39 is 0 Å². The van der Waals surface area contributed by atoms with Crippen molar-refractivity contribution in [1.82, 2.24) is 5.32 Å². The van der Waals surface area contributed by atoms with Crippen LogP contribution in [0.25, 0.3) is 0 Å². The van der Waals surface area contributed by atoms with Crippen LogP contribution in [-0.2, 0) is 10.2 Å². The summed E-state index contributed by atoms with van der Waals surface area (Å²) in [5.74, 6) is 0.999. The van der Waals surface area contributed by atoms with Gasteiger partial charge in [-0.25, -0.2) is 0 Å². The zero-order valence-electron chi connectivity index (χ0n) is 14.6. The summed E-state index contributed by atoms with van der Waals surface area (Å²) >= 11 is 0. The number of nitrogens with one attached hydrogen (secondary N) is 1. The highest BCUT2D eigenvalue weighted by atomic mass is 16.5. The van der Waals surface area contributed by atoms with Crippen LogP contribution >= 0.6 is 0 Å². The van der Waals surface area contributed by atoms with E-state index in [0.717, 1.165) is 38.0 Å². The Kier molecular flexibility index (Phi) is 8.00. The van der Waals surface area contributed by atoms with E-state index in [-0.39, 0.29) is 11.3 Å². The highest BCUT2D eigenvalue weighted by Crippen LogP contribution is 2.28. The molecule has 1 aromatic rings. The summed E-state index contributed by atoms with van der Waals surface area (Å²) in [5, 5.41) is 2.92. The van der Waals surface area contributed by atoms with Crippen molar-refractivity contribution in [1.29, 1.82) is 0 Å². The van der Waals surface area contributed by atoms with Crippen LogP contribution in [0.15, 0.2) is 24.3 Å². The van der Waals surface area contributed by atoms with Crippen LogP contribution in [-0.4, -0.2) is 19.1 Å². The summed E-state index contributed by atoms with van der Waals surface area (Å²) in [5.41, 5.74) is 1.53. The quantitative estimate of drug-likeness (QED) is 0.649. The van der Waals surface area contributed by atoms with Crippen LogP contribution in [0.4, 0.5) is 0 Å². The molecule has 0 aliphatic rings. The molecule has 124 valence electrons. The summed E-state index contributed by atoms with van der Waals surface area (Å²) in [7, 11) is 0. The summed E-state index contributed by atoms with van der Waals surface area (Å²) in [4.78, 5) is 11.6. The minimum Gasteiger partial charge on any atom is -0.494 e. The van der Waals surface area contributed by atoms with Gasteiger partial charge >= 0.3 is 0 Å². The first-order valence-electron chi connectivity index (χ1n) is 8.49. The van der Waals surface area contributed by atoms with E-state index in [1.54, 1.807) is 0 Å². The standard InChI is InChI=1S/C19H31NO2/c1-5-7-14-20-18(21)9-8-15-22-17-12-10-16(11-13-17)19(3,4)6-2/h10-13H,5-9,14-15H2,1-4H3,(H,20,21). The Bertz CT molecular complexity index is 437. The first-order valence-corrected chi connectivity index (χ1v) is 8.49. The van der Waals surface area contributed by atoms with E-state index in [1.165, 1.54) is 5.56 Å². The third-order valence-corrected chi connectivity index (χ3v) is 4.19. The van der Waals surface area contributed by atoms with E-state index in [9.17, 15) is 4.79 Å². The molecule has 0 spiro atoms. The molecule has 0 heterocycles. The van der Waals surface area contributed by atoms with Crippen molar-refractivity contribution in [3.05, 3.63) is 29.8 Å². The molecule has 3 nitrogen and oxygen atoms in total. The molecule has 1 amide bonds. The molecule has 0 aliphatic heterocycles. The number of ether oxygens (including phenoxy) is 1. The van der Waals surface area contributed by atoms with Gasteiger partial charge in [-0.1, -0.05) is 46.2 Å². The van der Waals surface area contributed by atoms with Gasteiger partial charge in [0.05, 0.1) is 6.61 Å². The molecule has 0 atom stereocenters. The van der Waals surface area contributed by atoms with Crippen LogP contribution in [0.2, 0.25) is 0 Å². The van der Waals surface area contributed by atoms with Gasteiger partial charge in [-0.2, -0.15) is 0 Å². The molecule has 0 saturated heterocycles. The third-order valence-electron chi connectivity index (χ3n) is 4.19. The Morgan fingerprint density at radius 3 is 2.41 bits per heavy atom. The SMILES string of the molecule is CCCCNC(=O)CCCOc1ccc(C(C)(C)CC)cc1. The number of hydrogen-bond donors (Lipinski definition) is 1. The Morgan fingerprint density at radius 2 is 1.82 bits per heavy atom. The summed E-state index contributed by atoms with van der Waals surface area (Å²) in [6, 6.07) is 8.31. The molecule has 0 aromatic heterocycles. The molecule has 0 unspecified atom stereocenters. The van der Waals surface area contributed by atoms with Crippen LogP contribution in [0.1, 0.15) is 65.4 Å². The number of carbonyl (C=O) groups excluding carboxylic acids is 1. The molecule has 0 aliphatic carbocycles. The van der Waals surface area contributed by atoms with Gasteiger partial charge in [0, 0.05) is 13.0 Å². The average Bonchev–Trinajstić information content (AvgIpc) is 2.52. The van der Waals surface area contributed by atoms with Crippen molar-refractivity contribution < 1.29 is 9.53 Å². The molecule has 1 rings (SSSR count). The van der Waals surface area contributed by atoms with Gasteiger partial charge in [0.2, 0.25) is 5.91 Å². The van der Waals surface area contributed by atoms with Crippen molar-refractivity contribution in [3.8, 4) is 5.75 Å². The average molecular weight is 305 g/mol. The lowest BCUT2D eigenvalue weighted by molar-refractivity contribution is -0.121. The largest absolute Gasteiger partial charge is 0.494 e. The lowest BCUT2D eigenvalue weighted by Crippen LogP contribution is -2.24. The fourth-order valence-corrected chi connectivity index (χ4v) is 2.12. The van der Waals surface area contributed by atoms with Crippen LogP contribution in [0.3, 0.4) is 0 Å². The second kappa shape index (κ2) is 9.50. The van der Waals surface area contributed by atoms with E-state index >= 15 is 0 Å². The third kappa shape index (κ3) is 6.50. The lowest BCUT2D eigenvalue weighted by atomic mass is 9.82. The Balaban J connectivity index is 2.27. The van der Waals surface area contributed by atoms with Crippen molar-refractivity contribution in [2.45, 2.75) is 65.2 Å². The molecule has 0 saturated carbocycles. The summed E-state index contributed by atoms with van der Waals surface area (Å²) in [6.07, 6.45) is 4.54. The van der Waals surface area contributed by atoms with Crippen LogP contribution < -0.4 is 10.1 Å². The number of rotatable bonds is 10. The molecule has 22 heavy (non-hydrogen) atoms. The predicted molar refractivity (Wildman–Crippen MR) is 92.4 cm³/mol. The van der Waals surface area contributed by atoms with Gasteiger partial charge in [0.15, 0.2) is 0 Å². The van der Waals surface area contributed by atoms with Crippen molar-refractivity contribution in [3.63, 3.8) is 0 Å². The van der Waals surface area contributed by atoms with Crippen LogP contribution in [0.5, 0.6) is 5.75 Å². The van der Waals surface area contributed by atoms with Crippen molar-refractivity contribution >= 4 is 5.91 Å². The maximum atomic E-state index is 11.6. The summed E-state index contributed by atoms with van der Waals surface area (Å²) in [6.45, 7) is 10.2. The van der Waals surface area contributed by atoms with Gasteiger partial charge in [0.1, 0.15) is 5.75 Å². The first-order chi connectivity index (χ1) is 10.5. The monoisotopic (exact) mass is 305 g/mol. The predicted octanol–water partition coefficient (Wildman–Crippen LogP) is 4.45. The van der Waals surface area contributed by atoms with Gasteiger partial charge in [-0.3, -0.25) is 4.79 Å². The number of benzene rings is 1. The molecule has 3 heteroatoms. The second-order valence-electron chi connectivity index (χ2n) is 6.42. The van der Waals surface area contributed by atoms with Gasteiger partial charge in [-0.05, 0) is 42.4 Å². The number of unbranched alkanes of at least 4 members (excludes halogenated alkanes) is 1. The molecule has 0 radical (unpaired) electrons. The first kappa shape index (κ1) is 18.5. The smallest absolute Gasteiger partial charge is 0.220 e. The second-order valence-corrected chi connectivity index (χ2v) is 6.42. The van der Waals surface area contributed by atoms with Gasteiger partial charge < -0.3 is 10.1 Å². The normalized spacial score (nSPS) is 11.3. The fraction of sp³-hybridized carbons (Fsp3) is 0.632. The van der Waals surface area contributed by atoms with Crippen molar-refractivity contribution in [2.24, 2.45) is 0 Å². The fourth-order valence-electron chi connectivity index (χ4n) is 2.12. The molecular formula is C19H31NO2. The topological polar surface area (TPSA) is 38.3 Å². The number of amides is 1. The number of carbonyl (C=O) groups is 1. The number of hydrogen-bond acceptors (Lipinski definition) is 2. The zero-order chi connectivity index (χ0) is 16.4. The minimum absolute atomic E-state index is 0.122. The van der Waals surface area contributed by atoms with E-state index in [0.29, 0.717) is 13.0 Å². The Labute approximate surface area is 135 Å². The zero-order valence-corrected chi connectivity index (χ0v) is 14.6. The maximum Gasteiger partial charge on any atom is 0.220 e. The van der Waals surface area contributed by atoms with E-state index in [4.69, 9.17) is 4.74 Å². The minimum atomic E-state index is 0.122. The van der Waals surface area contributed by atoms with Gasteiger partial charge in [-0.15, -0.1) is 0 Å². The summed E-state index contributed by atoms with van der Waals surface area (Å²) < 4.78 is 5.70. The molecule has 1 aromatic carbocycles. The van der Waals surface area contributed by atoms with Gasteiger partial charge in [0.25, 0.3) is 0 Å². The lowest BCUT2D eigenvalue weighted by Gasteiger charge is -2.23. The molecule has 0 bridgehead atoms. The molecular weight excluding hydrogens is 274 g/mol. The van der Waals surface area contributed by atoms with E-state index in [1.807, 2.05) is 12.1 Å². The maximum absolute atomic E-state index is 11.6. The van der Waals surface area contributed by atoms with Crippen LogP contribution in [0, 0.1) is 0 Å². The molecule has 0 fully saturated rings. The Hall–Kier alpha value is -1.51. The highest BCUT2D eigenvalue weighted by molar-refractivity contribution is 5.75. The molecule has 1 N–H and O–H groups in total. The van der Waals surface area contributed by atoms with E-state index in [2.05, 4.69) is 45.1 Å². The Morgan fingerprint density at radius 1 is 1.14 bits per heavy atom. The van der Waals surface area contributed by atoms with Crippen molar-refractivity contribution in [2.75, 3.05) is 13.2 Å².